The van der Waals surface area contributed by atoms with E-state index in [0.717, 1.165) is 0 Å². The van der Waals surface area contributed by atoms with E-state index in [1.54, 1.807) is 5.32 Å². The number of nitrogens with one attached hydrogen (secondary N) is 2. The summed E-state index contributed by atoms with van der Waals surface area (Å²) >= 11 is 0. The molecule has 0 radical (unpaired) electrons. The number of carbonyl (C=O) groups is 1. The van der Waals surface area contributed by atoms with E-state index in [4.69, 9.17) is 0 Å². The highest BCUT2D eigenvalue weighted by Crippen LogP contribution is 2.12. The lowest BCUT2D eigenvalue weighted by Crippen LogP contribution is -2.33. The van der Waals surface area contributed by atoms with Crippen LogP contribution >= 0.6 is 0 Å². The largest absolute Gasteiger partial charge is 0.405 e. The summed E-state index contributed by atoms with van der Waals surface area (Å²) in [5.41, 5.74) is 0.670. The Morgan fingerprint density at radius 2 is 2.27 bits per heavy atom. The highest BCUT2D eigenvalue weighted by Gasteiger charge is 2.28. The number of aromatic amines is 1. The Bertz CT molecular complexity index is 345. The number of nitrogens with zero attached hydrogens (tertiary/aromatic N) is 1. The molecule has 0 atom stereocenters. The Kier molecular flexibility index (Phi) is 3.33. The Morgan fingerprint density at radius 1 is 1.60 bits per heavy atom. The van der Waals surface area contributed by atoms with Crippen molar-refractivity contribution in [3.8, 4) is 0 Å². The van der Waals surface area contributed by atoms with Crippen molar-refractivity contribution in [2.75, 3.05) is 6.54 Å². The van der Waals surface area contributed by atoms with E-state index >= 15 is 0 Å². The van der Waals surface area contributed by atoms with Gasteiger partial charge < -0.3 is 5.32 Å². The average Bonchev–Trinajstić information content (AvgIpc) is 2.61. The number of aromatic nitrogens is 2. The van der Waals surface area contributed by atoms with Crippen LogP contribution in [-0.4, -0.2) is 28.8 Å². The van der Waals surface area contributed by atoms with E-state index in [0.29, 0.717) is 12.1 Å². The molecule has 0 aliphatic heterocycles. The molecule has 15 heavy (non-hydrogen) atoms. The van der Waals surface area contributed by atoms with Gasteiger partial charge in [0.25, 0.3) is 5.91 Å². The monoisotopic (exact) mass is 221 g/mol. The van der Waals surface area contributed by atoms with Crippen molar-refractivity contribution in [2.24, 2.45) is 0 Å². The van der Waals surface area contributed by atoms with Crippen molar-refractivity contribution < 1.29 is 18.0 Å². The highest BCUT2D eigenvalue weighted by molar-refractivity contribution is 5.92. The second-order valence-electron chi connectivity index (χ2n) is 2.93. The van der Waals surface area contributed by atoms with Gasteiger partial charge in [0.2, 0.25) is 0 Å². The van der Waals surface area contributed by atoms with Crippen LogP contribution in [0, 0.1) is 0 Å². The summed E-state index contributed by atoms with van der Waals surface area (Å²) in [5, 5.41) is 7.85. The number of hydrogen-bond acceptors (Lipinski definition) is 2. The zero-order chi connectivity index (χ0) is 11.5. The Hall–Kier alpha value is -1.53. The summed E-state index contributed by atoms with van der Waals surface area (Å²) in [4.78, 5) is 11.1. The third-order valence-corrected chi connectivity index (χ3v) is 1.69. The van der Waals surface area contributed by atoms with Crippen molar-refractivity contribution >= 4 is 5.91 Å². The molecule has 1 amide bonds. The second-order valence-corrected chi connectivity index (χ2v) is 2.93. The normalized spacial score (nSPS) is 11.5. The quantitative estimate of drug-likeness (QED) is 0.807. The van der Waals surface area contributed by atoms with E-state index in [9.17, 15) is 18.0 Å². The van der Waals surface area contributed by atoms with Crippen LogP contribution in [0.5, 0.6) is 0 Å². The third kappa shape index (κ3) is 3.61. The van der Waals surface area contributed by atoms with Crippen LogP contribution in [0.4, 0.5) is 13.2 Å². The van der Waals surface area contributed by atoms with Gasteiger partial charge in [0.15, 0.2) is 0 Å². The zero-order valence-electron chi connectivity index (χ0n) is 7.98. The van der Waals surface area contributed by atoms with Crippen molar-refractivity contribution in [2.45, 2.75) is 19.5 Å². The first kappa shape index (κ1) is 11.5. The maximum Gasteiger partial charge on any atom is 0.405 e. The van der Waals surface area contributed by atoms with Crippen molar-refractivity contribution in [3.63, 3.8) is 0 Å². The Labute approximate surface area is 83.9 Å². The molecule has 1 rings (SSSR count). The van der Waals surface area contributed by atoms with Gasteiger partial charge in [-0.2, -0.15) is 18.3 Å². The van der Waals surface area contributed by atoms with Crippen LogP contribution in [0.2, 0.25) is 0 Å². The van der Waals surface area contributed by atoms with E-state index in [-0.39, 0.29) is 5.69 Å². The molecule has 0 spiro atoms. The number of H-pyrrole nitrogens is 1. The van der Waals surface area contributed by atoms with Crippen LogP contribution in [0.3, 0.4) is 0 Å². The van der Waals surface area contributed by atoms with Gasteiger partial charge in [0.1, 0.15) is 12.2 Å². The molecule has 84 valence electrons. The van der Waals surface area contributed by atoms with Crippen molar-refractivity contribution in [1.82, 2.24) is 15.5 Å². The molecule has 1 heterocycles. The summed E-state index contributed by atoms with van der Waals surface area (Å²) in [6.45, 7) is 0.491. The predicted molar refractivity (Wildman–Crippen MR) is 46.4 cm³/mol. The molecule has 0 unspecified atom stereocenters. The van der Waals surface area contributed by atoms with Gasteiger partial charge in [-0.15, -0.1) is 0 Å². The molecule has 0 aliphatic carbocycles. The van der Waals surface area contributed by atoms with Crippen LogP contribution in [0.15, 0.2) is 6.07 Å². The zero-order valence-corrected chi connectivity index (χ0v) is 7.98. The molecule has 0 saturated heterocycles. The van der Waals surface area contributed by atoms with Gasteiger partial charge >= 0.3 is 6.18 Å². The lowest BCUT2D eigenvalue weighted by molar-refractivity contribution is -0.123. The molecule has 0 aliphatic rings. The minimum atomic E-state index is -4.40. The second kappa shape index (κ2) is 4.33. The highest BCUT2D eigenvalue weighted by atomic mass is 19.4. The summed E-state index contributed by atoms with van der Waals surface area (Å²) in [6, 6.07) is 1.42. The van der Waals surface area contributed by atoms with E-state index < -0.39 is 18.6 Å². The van der Waals surface area contributed by atoms with Gasteiger partial charge in [-0.1, -0.05) is 6.92 Å². The minimum Gasteiger partial charge on any atom is -0.342 e. The molecule has 7 heteroatoms. The van der Waals surface area contributed by atoms with Gasteiger partial charge in [-0.05, 0) is 12.5 Å². The van der Waals surface area contributed by atoms with Gasteiger partial charge in [0.05, 0.1) is 0 Å². The third-order valence-electron chi connectivity index (χ3n) is 1.69. The SMILES string of the molecule is CCc1cc(C(=O)NCC(F)(F)F)n[nH]1. The molecule has 4 nitrogen and oxygen atoms in total. The first-order chi connectivity index (χ1) is 6.92. The minimum absolute atomic E-state index is 0.0314. The standard InChI is InChI=1S/C8H10F3N3O/c1-2-5-3-6(14-13-5)7(15)12-4-8(9,10)11/h3H,2,4H2,1H3,(H,12,15)(H,13,14). The number of halogens is 3. The first-order valence-corrected chi connectivity index (χ1v) is 4.31. The summed E-state index contributed by atoms with van der Waals surface area (Å²) in [6.07, 6.45) is -3.76. The Morgan fingerprint density at radius 3 is 2.73 bits per heavy atom. The number of alkyl halides is 3. The maximum absolute atomic E-state index is 11.8. The van der Waals surface area contributed by atoms with Crippen LogP contribution < -0.4 is 5.32 Å². The predicted octanol–water partition coefficient (Wildman–Crippen LogP) is 1.26. The van der Waals surface area contributed by atoms with Gasteiger partial charge in [-0.3, -0.25) is 9.89 Å². The first-order valence-electron chi connectivity index (χ1n) is 4.31. The number of carbonyl (C=O) groups excluding carboxylic acids is 1. The topological polar surface area (TPSA) is 57.8 Å². The van der Waals surface area contributed by atoms with Gasteiger partial charge in [0, 0.05) is 5.69 Å². The molecule has 1 aromatic heterocycles. The molecule has 2 N–H and O–H groups in total. The van der Waals surface area contributed by atoms with E-state index in [2.05, 4.69) is 10.2 Å². The van der Waals surface area contributed by atoms with Crippen LogP contribution in [0.1, 0.15) is 23.1 Å². The fourth-order valence-electron chi connectivity index (χ4n) is 0.930. The fourth-order valence-corrected chi connectivity index (χ4v) is 0.930. The number of amides is 1. The van der Waals surface area contributed by atoms with E-state index in [1.165, 1.54) is 6.07 Å². The Balaban J connectivity index is 2.54. The molecular weight excluding hydrogens is 211 g/mol. The lowest BCUT2D eigenvalue weighted by Gasteiger charge is -2.06. The smallest absolute Gasteiger partial charge is 0.342 e. The van der Waals surface area contributed by atoms with Crippen molar-refractivity contribution in [1.29, 1.82) is 0 Å². The fraction of sp³-hybridized carbons (Fsp3) is 0.500. The number of aryl methyl sites for hydroxylation is 1. The molecule has 0 saturated carbocycles. The van der Waals surface area contributed by atoms with Crippen LogP contribution in [-0.2, 0) is 6.42 Å². The summed E-state index contributed by atoms with van der Waals surface area (Å²) in [5.74, 6) is -0.830. The van der Waals surface area contributed by atoms with Crippen LogP contribution in [0.25, 0.3) is 0 Å². The molecule has 0 bridgehead atoms. The summed E-state index contributed by atoms with van der Waals surface area (Å²) < 4.78 is 35.3. The van der Waals surface area contributed by atoms with Crippen molar-refractivity contribution in [3.05, 3.63) is 17.5 Å². The lowest BCUT2D eigenvalue weighted by atomic mass is 10.3. The number of hydrogen-bond donors (Lipinski definition) is 2. The number of rotatable bonds is 3. The summed E-state index contributed by atoms with van der Waals surface area (Å²) in [7, 11) is 0. The van der Waals surface area contributed by atoms with Gasteiger partial charge in [-0.25, -0.2) is 0 Å². The molecule has 0 aromatic carbocycles. The molecule has 1 aromatic rings. The van der Waals surface area contributed by atoms with E-state index in [1.807, 2.05) is 6.92 Å². The average molecular weight is 221 g/mol. The molecule has 0 fully saturated rings. The maximum atomic E-state index is 11.8. The molecular formula is C8H10F3N3O.